The number of amides is 1. The highest BCUT2D eigenvalue weighted by molar-refractivity contribution is 7.86. The third-order valence-corrected chi connectivity index (χ3v) is 9.05. The van der Waals surface area contributed by atoms with E-state index in [-0.39, 0.29) is 53.9 Å². The number of aliphatic hydroxyl groups is 1. The average Bonchev–Trinajstić information content (AvgIpc) is 3.78. The minimum atomic E-state index is -4.08. The number of hydrogen-bond donors (Lipinski definition) is 4. The molecule has 2 fully saturated rings. The van der Waals surface area contributed by atoms with Crippen molar-refractivity contribution in [2.24, 2.45) is 11.8 Å². The number of carbonyl (C=O) groups is 1. The molecule has 0 radical (unpaired) electrons. The summed E-state index contributed by atoms with van der Waals surface area (Å²) in [5.41, 5.74) is 0.958. The molecule has 17 nitrogen and oxygen atoms in total. The lowest BCUT2D eigenvalue weighted by atomic mass is 10.1. The van der Waals surface area contributed by atoms with E-state index in [1.165, 1.54) is 17.2 Å². The van der Waals surface area contributed by atoms with Gasteiger partial charge in [-0.05, 0) is 31.7 Å². The number of hydrogen-bond acceptors (Lipinski definition) is 13. The maximum absolute atomic E-state index is 13.1. The van der Waals surface area contributed by atoms with E-state index in [0.717, 1.165) is 30.4 Å². The number of aliphatic hydroxyl groups excluding tert-OH is 1. The number of aromatic nitrogens is 8. The van der Waals surface area contributed by atoms with E-state index in [2.05, 4.69) is 45.1 Å². The van der Waals surface area contributed by atoms with Crippen LogP contribution in [0.3, 0.4) is 0 Å². The van der Waals surface area contributed by atoms with Gasteiger partial charge in [-0.3, -0.25) is 28.6 Å². The first-order valence-corrected chi connectivity index (χ1v) is 16.0. The van der Waals surface area contributed by atoms with Crippen LogP contribution in [0.15, 0.2) is 30.0 Å². The van der Waals surface area contributed by atoms with Crippen molar-refractivity contribution in [2.45, 2.75) is 64.0 Å². The number of aromatic amines is 1. The van der Waals surface area contributed by atoms with Crippen LogP contribution in [0.2, 0.25) is 0 Å². The Bertz CT molecular complexity index is 1820. The first-order chi connectivity index (χ1) is 21.1. The molecule has 1 amide bonds. The minimum absolute atomic E-state index is 0.0297. The van der Waals surface area contributed by atoms with Crippen molar-refractivity contribution in [3.63, 3.8) is 0 Å². The van der Waals surface area contributed by atoms with Gasteiger partial charge in [0.25, 0.3) is 15.7 Å². The number of fused-ring (bicyclic) bond motifs is 2. The summed E-state index contributed by atoms with van der Waals surface area (Å²) in [5.74, 6) is -0.965. The van der Waals surface area contributed by atoms with E-state index in [9.17, 15) is 23.1 Å². The number of H-pyrrole nitrogens is 1. The maximum Gasteiger partial charge on any atom is 0.280 e. The Morgan fingerprint density at radius 3 is 2.80 bits per heavy atom. The molecule has 236 valence electrons. The fourth-order valence-electron chi connectivity index (χ4n) is 5.75. The van der Waals surface area contributed by atoms with E-state index in [1.54, 1.807) is 26.4 Å². The lowest BCUT2D eigenvalue weighted by Gasteiger charge is -2.21. The van der Waals surface area contributed by atoms with Gasteiger partial charge >= 0.3 is 0 Å². The summed E-state index contributed by atoms with van der Waals surface area (Å²) >= 11 is 0. The second kappa shape index (κ2) is 12.3. The van der Waals surface area contributed by atoms with Crippen LogP contribution in [0.25, 0.3) is 22.3 Å². The third-order valence-electron chi connectivity index (χ3n) is 7.95. The van der Waals surface area contributed by atoms with Crippen LogP contribution >= 0.6 is 0 Å². The molecule has 5 heterocycles. The summed E-state index contributed by atoms with van der Waals surface area (Å²) in [6.07, 6.45) is 6.20. The molecule has 18 heteroatoms. The molecule has 2 aliphatic rings. The fourth-order valence-corrected chi connectivity index (χ4v) is 6.73. The van der Waals surface area contributed by atoms with Gasteiger partial charge in [-0.1, -0.05) is 13.8 Å². The molecule has 44 heavy (non-hydrogen) atoms. The number of nitrogens with one attached hydrogen (secondary N) is 3. The Hall–Kier alpha value is -3.84. The maximum atomic E-state index is 13.1. The van der Waals surface area contributed by atoms with Crippen LogP contribution in [-0.2, 0) is 23.8 Å². The van der Waals surface area contributed by atoms with Crippen molar-refractivity contribution in [1.82, 2.24) is 44.4 Å². The normalized spacial score (nSPS) is 24.1. The number of rotatable bonds is 11. The van der Waals surface area contributed by atoms with Crippen LogP contribution in [-0.4, -0.2) is 89.7 Å². The SMILES string of the molecule is CC(C)C(=O)Nc1nc2c(ncn2[C@@H]2OC(CO)C[C@H]2OS(=O)(=O)CNC[C@@H]2CC[C@H](n3cnc4cncnc43)C2)c(=O)[nH]1. The number of nitrogens with zero attached hydrogens (tertiary/aromatic N) is 7. The molecule has 1 saturated carbocycles. The number of ether oxygens (including phenoxy) is 1. The highest BCUT2D eigenvalue weighted by atomic mass is 32.2. The van der Waals surface area contributed by atoms with Crippen molar-refractivity contribution >= 4 is 44.3 Å². The average molecular weight is 631 g/mol. The van der Waals surface area contributed by atoms with Gasteiger partial charge in [0.1, 0.15) is 23.8 Å². The van der Waals surface area contributed by atoms with E-state index in [4.69, 9.17) is 8.92 Å². The standard InChI is InChI=1S/C26H34N10O7S/c1-14(2)23(38)33-26-32-22-20(24(39)34-26)31-12-36(22)25-19(6-17(9-37)42-25)43-44(40,41)13-28-7-15-3-4-16(5-15)35-11-30-18-8-27-10-29-21(18)35/h8,10-12,14-17,19,25,28,37H,3-7,9,13H2,1-2H3,(H2,32,33,34,38,39)/t15-,16+,17?,19-,25-/m1/s1. The highest BCUT2D eigenvalue weighted by Crippen LogP contribution is 2.36. The van der Waals surface area contributed by atoms with Crippen molar-refractivity contribution in [1.29, 1.82) is 0 Å². The lowest BCUT2D eigenvalue weighted by Crippen LogP contribution is -2.33. The first kappa shape index (κ1) is 30.2. The molecule has 4 aromatic heterocycles. The number of carbonyl (C=O) groups excluding carboxylic acids is 1. The highest BCUT2D eigenvalue weighted by Gasteiger charge is 2.41. The second-order valence-corrected chi connectivity index (χ2v) is 13.1. The molecule has 1 saturated heterocycles. The van der Waals surface area contributed by atoms with Crippen LogP contribution in [0.1, 0.15) is 51.8 Å². The van der Waals surface area contributed by atoms with Crippen molar-refractivity contribution in [3.8, 4) is 0 Å². The van der Waals surface area contributed by atoms with Gasteiger partial charge in [-0.2, -0.15) is 13.4 Å². The largest absolute Gasteiger partial charge is 0.394 e. The number of imidazole rings is 2. The molecule has 0 spiro atoms. The monoisotopic (exact) mass is 630 g/mol. The predicted molar refractivity (Wildman–Crippen MR) is 156 cm³/mol. The van der Waals surface area contributed by atoms with Gasteiger partial charge in [-0.25, -0.2) is 19.9 Å². The molecule has 6 rings (SSSR count). The van der Waals surface area contributed by atoms with Crippen LogP contribution in [0.5, 0.6) is 0 Å². The Morgan fingerprint density at radius 2 is 2.00 bits per heavy atom. The minimum Gasteiger partial charge on any atom is -0.394 e. The van der Waals surface area contributed by atoms with E-state index in [1.807, 2.05) is 0 Å². The lowest BCUT2D eigenvalue weighted by molar-refractivity contribution is -0.118. The van der Waals surface area contributed by atoms with E-state index in [0.29, 0.717) is 6.54 Å². The molecule has 4 aromatic rings. The van der Waals surface area contributed by atoms with Gasteiger partial charge in [0.2, 0.25) is 11.9 Å². The third kappa shape index (κ3) is 6.20. The van der Waals surface area contributed by atoms with Gasteiger partial charge in [0.15, 0.2) is 23.0 Å². The smallest absolute Gasteiger partial charge is 0.280 e. The van der Waals surface area contributed by atoms with E-state index < -0.39 is 40.0 Å². The van der Waals surface area contributed by atoms with Crippen molar-refractivity contribution in [3.05, 3.63) is 35.5 Å². The zero-order valence-electron chi connectivity index (χ0n) is 24.2. The number of anilines is 1. The van der Waals surface area contributed by atoms with E-state index >= 15 is 0 Å². The Balaban J connectivity index is 1.10. The Kier molecular flexibility index (Phi) is 8.42. The van der Waals surface area contributed by atoms with Crippen LogP contribution < -0.4 is 16.2 Å². The Labute approximate surface area is 251 Å². The summed E-state index contributed by atoms with van der Waals surface area (Å²) < 4.78 is 41.0. The van der Waals surface area contributed by atoms with Crippen LogP contribution in [0.4, 0.5) is 5.95 Å². The quantitative estimate of drug-likeness (QED) is 0.165. The van der Waals surface area contributed by atoms with Crippen molar-refractivity contribution in [2.75, 3.05) is 24.3 Å². The topological polar surface area (TPSA) is 221 Å². The Morgan fingerprint density at radius 1 is 1.18 bits per heavy atom. The molecule has 1 aliphatic carbocycles. The van der Waals surface area contributed by atoms with Gasteiger partial charge in [0, 0.05) is 18.4 Å². The zero-order chi connectivity index (χ0) is 31.0. The summed E-state index contributed by atoms with van der Waals surface area (Å²) in [4.78, 5) is 48.4. The summed E-state index contributed by atoms with van der Waals surface area (Å²) in [7, 11) is -4.08. The fraction of sp³-hybridized carbons (Fsp3) is 0.577. The molecule has 0 aromatic carbocycles. The van der Waals surface area contributed by atoms with Gasteiger partial charge in [0.05, 0.1) is 31.6 Å². The molecule has 0 bridgehead atoms. The summed E-state index contributed by atoms with van der Waals surface area (Å²) in [6, 6.07) is 0.214. The molecule has 5 atom stereocenters. The molecular weight excluding hydrogens is 596 g/mol. The van der Waals surface area contributed by atoms with Gasteiger partial charge < -0.3 is 19.7 Å². The second-order valence-electron chi connectivity index (χ2n) is 11.5. The summed E-state index contributed by atoms with van der Waals surface area (Å²) in [6.45, 7) is 3.50. The van der Waals surface area contributed by atoms with Gasteiger partial charge in [-0.15, -0.1) is 0 Å². The molecule has 4 N–H and O–H groups in total. The van der Waals surface area contributed by atoms with Crippen LogP contribution in [0, 0.1) is 11.8 Å². The molecular formula is C26H34N10O7S. The first-order valence-electron chi connectivity index (χ1n) is 14.4. The zero-order valence-corrected chi connectivity index (χ0v) is 25.0. The molecule has 1 unspecified atom stereocenters. The van der Waals surface area contributed by atoms with Crippen molar-refractivity contribution < 1.29 is 27.2 Å². The summed E-state index contributed by atoms with van der Waals surface area (Å²) in [5, 5.41) is 15.3. The predicted octanol–water partition coefficient (Wildman–Crippen LogP) is 0.437. The molecule has 1 aliphatic heterocycles.